The lowest BCUT2D eigenvalue weighted by atomic mass is 10.1. The highest BCUT2D eigenvalue weighted by molar-refractivity contribution is 7.91. The predicted octanol–water partition coefficient (Wildman–Crippen LogP) is 1.95. The van der Waals surface area contributed by atoms with Gasteiger partial charge in [0, 0.05) is 31.4 Å². The van der Waals surface area contributed by atoms with E-state index in [9.17, 15) is 8.42 Å². The quantitative estimate of drug-likeness (QED) is 0.924. The van der Waals surface area contributed by atoms with E-state index < -0.39 is 9.84 Å². The number of sulfone groups is 1. The normalized spacial score (nSPS) is 25.1. The summed E-state index contributed by atoms with van der Waals surface area (Å²) >= 11 is 0. The number of hydrogen-bond acceptors (Lipinski definition) is 4. The summed E-state index contributed by atoms with van der Waals surface area (Å²) in [7, 11) is -2.79. The Bertz CT molecular complexity index is 562. The lowest BCUT2D eigenvalue weighted by Gasteiger charge is -2.28. The maximum Gasteiger partial charge on any atom is 0.151 e. The first kappa shape index (κ1) is 14.9. The molecule has 2 aliphatic rings. The van der Waals surface area contributed by atoms with Crippen LogP contribution >= 0.6 is 0 Å². The number of piperidine rings is 1. The van der Waals surface area contributed by atoms with Gasteiger partial charge in [0.15, 0.2) is 9.84 Å². The van der Waals surface area contributed by atoms with Crippen molar-refractivity contribution in [3.8, 4) is 0 Å². The number of rotatable bonds is 4. The summed E-state index contributed by atoms with van der Waals surface area (Å²) in [4.78, 5) is 2.45. The lowest BCUT2D eigenvalue weighted by molar-refractivity contribution is 0.554. The van der Waals surface area contributed by atoms with E-state index in [1.807, 2.05) is 0 Å². The first-order valence-corrected chi connectivity index (χ1v) is 9.72. The van der Waals surface area contributed by atoms with E-state index in [1.165, 1.54) is 30.5 Å². The zero-order chi connectivity index (χ0) is 14.7. The van der Waals surface area contributed by atoms with Gasteiger partial charge in [-0.05, 0) is 43.4 Å². The van der Waals surface area contributed by atoms with Crippen LogP contribution in [0.2, 0.25) is 0 Å². The predicted molar refractivity (Wildman–Crippen MR) is 86.4 cm³/mol. The Hall–Kier alpha value is -1.07. The van der Waals surface area contributed by atoms with Crippen LogP contribution in [0.5, 0.6) is 0 Å². The molecular formula is C16H24N2O2S. The number of benzene rings is 1. The van der Waals surface area contributed by atoms with Crippen molar-refractivity contribution in [3.05, 3.63) is 29.8 Å². The molecule has 0 unspecified atom stereocenters. The van der Waals surface area contributed by atoms with E-state index in [0.29, 0.717) is 11.5 Å². The minimum atomic E-state index is -2.79. The second-order valence-corrected chi connectivity index (χ2v) is 8.42. The highest BCUT2D eigenvalue weighted by Gasteiger charge is 2.27. The average Bonchev–Trinajstić information content (AvgIpc) is 2.86. The number of nitrogens with one attached hydrogen (secondary N) is 1. The van der Waals surface area contributed by atoms with Gasteiger partial charge in [0.05, 0.1) is 11.5 Å². The molecule has 1 aromatic rings. The van der Waals surface area contributed by atoms with E-state index >= 15 is 0 Å². The van der Waals surface area contributed by atoms with Gasteiger partial charge in [-0.25, -0.2) is 8.42 Å². The lowest BCUT2D eigenvalue weighted by Crippen LogP contribution is -2.30. The van der Waals surface area contributed by atoms with Crippen molar-refractivity contribution < 1.29 is 8.42 Å². The SMILES string of the molecule is O=S1(=O)CC[C@H](NCc2ccc(N3CCCCC3)cc2)C1. The van der Waals surface area contributed by atoms with Crippen molar-refractivity contribution in [3.63, 3.8) is 0 Å². The molecule has 2 saturated heterocycles. The van der Waals surface area contributed by atoms with Crippen molar-refractivity contribution in [2.75, 3.05) is 29.5 Å². The Balaban J connectivity index is 1.52. The largest absolute Gasteiger partial charge is 0.372 e. The first-order valence-electron chi connectivity index (χ1n) is 7.90. The van der Waals surface area contributed by atoms with Gasteiger partial charge in [0.2, 0.25) is 0 Å². The molecule has 21 heavy (non-hydrogen) atoms. The first-order chi connectivity index (χ1) is 10.1. The van der Waals surface area contributed by atoms with Crippen LogP contribution in [0.1, 0.15) is 31.2 Å². The Morgan fingerprint density at radius 3 is 2.43 bits per heavy atom. The van der Waals surface area contributed by atoms with Crippen LogP contribution in [0.4, 0.5) is 5.69 Å². The summed E-state index contributed by atoms with van der Waals surface area (Å²) in [6.07, 6.45) is 4.68. The molecule has 5 heteroatoms. The molecule has 0 radical (unpaired) electrons. The highest BCUT2D eigenvalue weighted by atomic mass is 32.2. The van der Waals surface area contributed by atoms with Crippen LogP contribution in [-0.2, 0) is 16.4 Å². The van der Waals surface area contributed by atoms with Crippen LogP contribution < -0.4 is 10.2 Å². The van der Waals surface area contributed by atoms with Gasteiger partial charge < -0.3 is 10.2 Å². The second kappa shape index (κ2) is 6.36. The summed E-state index contributed by atoms with van der Waals surface area (Å²) < 4.78 is 22.9. The fourth-order valence-electron chi connectivity index (χ4n) is 3.19. The Labute approximate surface area is 127 Å². The van der Waals surface area contributed by atoms with E-state index in [1.54, 1.807) is 0 Å². The molecule has 0 spiro atoms. The van der Waals surface area contributed by atoms with Gasteiger partial charge in [-0.1, -0.05) is 12.1 Å². The fraction of sp³-hybridized carbons (Fsp3) is 0.625. The van der Waals surface area contributed by atoms with Gasteiger partial charge >= 0.3 is 0 Å². The third-order valence-electron chi connectivity index (χ3n) is 4.48. The standard InChI is InChI=1S/C16H24N2O2S/c19-21(20)11-8-15(13-21)17-12-14-4-6-16(7-5-14)18-9-2-1-3-10-18/h4-7,15,17H,1-3,8-13H2/t15-/m0/s1. The van der Waals surface area contributed by atoms with Gasteiger partial charge in [-0.2, -0.15) is 0 Å². The maximum atomic E-state index is 11.4. The van der Waals surface area contributed by atoms with Crippen molar-refractivity contribution in [1.29, 1.82) is 0 Å². The molecule has 0 bridgehead atoms. The molecule has 0 amide bonds. The Kier molecular flexibility index (Phi) is 4.50. The molecule has 0 aliphatic carbocycles. The average molecular weight is 308 g/mol. The zero-order valence-corrected chi connectivity index (χ0v) is 13.2. The third-order valence-corrected chi connectivity index (χ3v) is 6.25. The molecule has 0 saturated carbocycles. The minimum Gasteiger partial charge on any atom is -0.372 e. The Morgan fingerprint density at radius 2 is 1.81 bits per heavy atom. The molecule has 2 fully saturated rings. The Morgan fingerprint density at radius 1 is 1.10 bits per heavy atom. The van der Waals surface area contributed by atoms with E-state index in [4.69, 9.17) is 0 Å². The topological polar surface area (TPSA) is 49.4 Å². The van der Waals surface area contributed by atoms with Gasteiger partial charge in [-0.15, -0.1) is 0 Å². The molecule has 4 nitrogen and oxygen atoms in total. The molecule has 1 N–H and O–H groups in total. The molecule has 1 atom stereocenters. The summed E-state index contributed by atoms with van der Waals surface area (Å²) in [6.45, 7) is 3.08. The van der Waals surface area contributed by atoms with Crippen molar-refractivity contribution in [1.82, 2.24) is 5.32 Å². The molecule has 116 valence electrons. The zero-order valence-electron chi connectivity index (χ0n) is 12.4. The summed E-state index contributed by atoms with van der Waals surface area (Å²) in [5, 5.41) is 3.36. The number of hydrogen-bond donors (Lipinski definition) is 1. The smallest absolute Gasteiger partial charge is 0.151 e. The molecule has 0 aromatic heterocycles. The van der Waals surface area contributed by atoms with E-state index in [-0.39, 0.29) is 6.04 Å². The summed E-state index contributed by atoms with van der Waals surface area (Å²) in [6, 6.07) is 8.80. The summed E-state index contributed by atoms with van der Waals surface area (Å²) in [5.41, 5.74) is 2.53. The van der Waals surface area contributed by atoms with Crippen LogP contribution in [0.25, 0.3) is 0 Å². The number of nitrogens with zero attached hydrogens (tertiary/aromatic N) is 1. The fourth-order valence-corrected chi connectivity index (χ4v) is 4.90. The van der Waals surface area contributed by atoms with Gasteiger partial charge in [-0.3, -0.25) is 0 Å². The molecule has 3 rings (SSSR count). The van der Waals surface area contributed by atoms with Crippen molar-refractivity contribution in [2.24, 2.45) is 0 Å². The van der Waals surface area contributed by atoms with Gasteiger partial charge in [0.25, 0.3) is 0 Å². The van der Waals surface area contributed by atoms with Crippen LogP contribution in [0.15, 0.2) is 24.3 Å². The van der Waals surface area contributed by atoms with Crippen LogP contribution in [0.3, 0.4) is 0 Å². The minimum absolute atomic E-state index is 0.122. The monoisotopic (exact) mass is 308 g/mol. The number of anilines is 1. The highest BCUT2D eigenvalue weighted by Crippen LogP contribution is 2.20. The van der Waals surface area contributed by atoms with E-state index in [0.717, 1.165) is 26.1 Å². The van der Waals surface area contributed by atoms with Crippen molar-refractivity contribution in [2.45, 2.75) is 38.3 Å². The maximum absolute atomic E-state index is 11.4. The van der Waals surface area contributed by atoms with Crippen molar-refractivity contribution >= 4 is 15.5 Å². The van der Waals surface area contributed by atoms with Crippen LogP contribution in [-0.4, -0.2) is 39.1 Å². The molecule has 1 aromatic carbocycles. The second-order valence-electron chi connectivity index (χ2n) is 6.20. The molecule has 2 heterocycles. The van der Waals surface area contributed by atoms with E-state index in [2.05, 4.69) is 34.5 Å². The molecular weight excluding hydrogens is 284 g/mol. The van der Waals surface area contributed by atoms with Crippen LogP contribution in [0, 0.1) is 0 Å². The van der Waals surface area contributed by atoms with Gasteiger partial charge in [0.1, 0.15) is 0 Å². The summed E-state index contributed by atoms with van der Waals surface area (Å²) in [5.74, 6) is 0.622. The third kappa shape index (κ3) is 3.98. The molecule has 2 aliphatic heterocycles.